The van der Waals surface area contributed by atoms with Gasteiger partial charge in [0.05, 0.1) is 5.56 Å². The molecule has 0 unspecified atom stereocenters. The quantitative estimate of drug-likeness (QED) is 0.700. The molecule has 0 saturated heterocycles. The Hall–Kier alpha value is -3.41. The maximum Gasteiger partial charge on any atom is 0.340 e. The molecule has 6 nitrogen and oxygen atoms in total. The average molecular weight is 320 g/mol. The van der Waals surface area contributed by atoms with Crippen molar-refractivity contribution in [2.45, 2.75) is 5.60 Å². The third-order valence-corrected chi connectivity index (χ3v) is 4.15. The number of esters is 1. The van der Waals surface area contributed by atoms with E-state index < -0.39 is 11.6 Å². The molecule has 0 radical (unpaired) electrons. The van der Waals surface area contributed by atoms with Gasteiger partial charge in [-0.15, -0.1) is 0 Å². The lowest BCUT2D eigenvalue weighted by Gasteiger charge is -2.29. The first kappa shape index (κ1) is 14.2. The van der Waals surface area contributed by atoms with E-state index in [1.807, 2.05) is 6.07 Å². The number of carbonyl (C=O) groups is 1. The van der Waals surface area contributed by atoms with Crippen LogP contribution in [0, 0.1) is 0 Å². The van der Waals surface area contributed by atoms with Gasteiger partial charge in [-0.2, -0.15) is 0 Å². The summed E-state index contributed by atoms with van der Waals surface area (Å²) in [6.07, 6.45) is 3.03. The maximum atomic E-state index is 12.4. The van der Waals surface area contributed by atoms with Gasteiger partial charge >= 0.3 is 5.97 Å². The van der Waals surface area contributed by atoms with E-state index in [9.17, 15) is 14.4 Å². The van der Waals surface area contributed by atoms with Crippen LogP contribution in [0.1, 0.15) is 27.0 Å². The second-order valence-corrected chi connectivity index (χ2v) is 5.50. The normalized spacial score (nSPS) is 14.9. The van der Waals surface area contributed by atoms with Crippen molar-refractivity contribution in [1.29, 1.82) is 0 Å². The summed E-state index contributed by atoms with van der Waals surface area (Å²) in [6.45, 7) is 0. The van der Waals surface area contributed by atoms with Crippen molar-refractivity contribution < 1.29 is 9.53 Å². The van der Waals surface area contributed by atoms with Crippen LogP contribution in [0.15, 0.2) is 70.5 Å². The van der Waals surface area contributed by atoms with Gasteiger partial charge < -0.3 is 14.7 Å². The third kappa shape index (κ3) is 1.93. The number of aromatic nitrogens is 2. The largest absolute Gasteiger partial charge is 0.440 e. The highest BCUT2D eigenvalue weighted by Gasteiger charge is 2.48. The summed E-state index contributed by atoms with van der Waals surface area (Å²) in [5, 5.41) is 0. The Kier molecular flexibility index (Phi) is 2.99. The molecule has 0 fully saturated rings. The molecule has 1 aliphatic rings. The molecule has 0 amide bonds. The number of benzene rings is 1. The molecule has 1 aliphatic heterocycles. The summed E-state index contributed by atoms with van der Waals surface area (Å²) in [4.78, 5) is 40.5. The van der Waals surface area contributed by atoms with Gasteiger partial charge in [-0.05, 0) is 18.2 Å². The molecule has 0 saturated carbocycles. The van der Waals surface area contributed by atoms with Crippen molar-refractivity contribution in [2.75, 3.05) is 0 Å². The first-order valence-electron chi connectivity index (χ1n) is 7.32. The highest BCUT2D eigenvalue weighted by molar-refractivity contribution is 5.96. The first-order valence-corrected chi connectivity index (χ1v) is 7.32. The Labute approximate surface area is 135 Å². The lowest BCUT2D eigenvalue weighted by molar-refractivity contribution is 0.0249. The fraction of sp³-hybridized carbons (Fsp3) is 0.0556. The molecule has 2 aromatic heterocycles. The van der Waals surface area contributed by atoms with Gasteiger partial charge in [-0.25, -0.2) is 4.79 Å². The zero-order valence-corrected chi connectivity index (χ0v) is 12.4. The Morgan fingerprint density at radius 3 is 1.88 bits per heavy atom. The topological polar surface area (TPSA) is 92.0 Å². The molecular formula is C18H12N2O4. The van der Waals surface area contributed by atoms with Gasteiger partial charge in [-0.3, -0.25) is 9.59 Å². The molecule has 4 rings (SSSR count). The fourth-order valence-corrected chi connectivity index (χ4v) is 3.07. The number of pyridine rings is 2. The minimum absolute atomic E-state index is 0.257. The smallest absolute Gasteiger partial charge is 0.340 e. The van der Waals surface area contributed by atoms with Crippen molar-refractivity contribution >= 4 is 5.97 Å². The number of fused-ring (bicyclic) bond motifs is 1. The van der Waals surface area contributed by atoms with Gasteiger partial charge in [0, 0.05) is 41.2 Å². The van der Waals surface area contributed by atoms with Gasteiger partial charge in [0.1, 0.15) is 0 Å². The molecule has 3 heterocycles. The van der Waals surface area contributed by atoms with Gasteiger partial charge in [0.2, 0.25) is 11.1 Å². The monoisotopic (exact) mass is 320 g/mol. The van der Waals surface area contributed by atoms with E-state index in [4.69, 9.17) is 4.74 Å². The molecule has 0 spiro atoms. The molecule has 24 heavy (non-hydrogen) atoms. The molecule has 0 atom stereocenters. The lowest BCUT2D eigenvalue weighted by atomic mass is 9.81. The summed E-state index contributed by atoms with van der Waals surface area (Å²) >= 11 is 0. The van der Waals surface area contributed by atoms with Crippen LogP contribution in [0.25, 0.3) is 0 Å². The summed E-state index contributed by atoms with van der Waals surface area (Å²) in [5.41, 5.74) is 0.562. The number of hydrogen-bond donors (Lipinski definition) is 2. The summed E-state index contributed by atoms with van der Waals surface area (Å²) in [7, 11) is 0. The summed E-state index contributed by atoms with van der Waals surface area (Å²) in [6, 6.07) is 13.0. The Balaban J connectivity index is 2.07. The van der Waals surface area contributed by atoms with Crippen molar-refractivity contribution in [1.82, 2.24) is 9.97 Å². The Morgan fingerprint density at radius 1 is 0.750 bits per heavy atom. The maximum absolute atomic E-state index is 12.4. The number of ether oxygens (including phenoxy) is 1. The van der Waals surface area contributed by atoms with Gasteiger partial charge in [0.25, 0.3) is 0 Å². The van der Waals surface area contributed by atoms with Crippen molar-refractivity contribution in [2.24, 2.45) is 0 Å². The molecule has 118 valence electrons. The predicted molar refractivity (Wildman–Crippen MR) is 85.9 cm³/mol. The molecular weight excluding hydrogens is 308 g/mol. The molecule has 3 aromatic rings. The van der Waals surface area contributed by atoms with Crippen LogP contribution in [-0.4, -0.2) is 15.9 Å². The van der Waals surface area contributed by atoms with Gasteiger partial charge in [-0.1, -0.05) is 18.2 Å². The van der Waals surface area contributed by atoms with Crippen LogP contribution in [0.4, 0.5) is 0 Å². The standard InChI is InChI=1S/C18H12N2O4/c21-15-7-5-11(9-19-15)18(12-6-8-16(22)20-10-12)14-4-2-1-3-13(14)17(23)24-18/h1-10H,(H,19,21)(H,20,22). The fourth-order valence-electron chi connectivity index (χ4n) is 3.07. The molecule has 0 bridgehead atoms. The van der Waals surface area contributed by atoms with Crippen LogP contribution >= 0.6 is 0 Å². The van der Waals surface area contributed by atoms with Crippen LogP contribution in [-0.2, 0) is 10.3 Å². The zero-order valence-electron chi connectivity index (χ0n) is 12.4. The van der Waals surface area contributed by atoms with E-state index in [1.165, 1.54) is 24.5 Å². The number of nitrogens with one attached hydrogen (secondary N) is 2. The van der Waals surface area contributed by atoms with Crippen LogP contribution < -0.4 is 11.1 Å². The van der Waals surface area contributed by atoms with Crippen molar-refractivity contribution in [3.63, 3.8) is 0 Å². The van der Waals surface area contributed by atoms with E-state index in [1.54, 1.807) is 30.3 Å². The number of carbonyl (C=O) groups excluding carboxylic acids is 1. The van der Waals surface area contributed by atoms with E-state index in [2.05, 4.69) is 9.97 Å². The second kappa shape index (κ2) is 5.06. The van der Waals surface area contributed by atoms with E-state index in [0.717, 1.165) is 0 Å². The summed E-state index contributed by atoms with van der Waals surface area (Å²) in [5.74, 6) is -0.456. The lowest BCUT2D eigenvalue weighted by Crippen LogP contribution is -2.31. The van der Waals surface area contributed by atoms with Crippen LogP contribution in [0.2, 0.25) is 0 Å². The van der Waals surface area contributed by atoms with E-state index in [-0.39, 0.29) is 11.1 Å². The number of cyclic esters (lactones) is 1. The number of H-pyrrole nitrogens is 2. The molecule has 0 aliphatic carbocycles. The Bertz CT molecular complexity index is 970. The Morgan fingerprint density at radius 2 is 1.33 bits per heavy atom. The number of rotatable bonds is 2. The zero-order chi connectivity index (χ0) is 16.7. The van der Waals surface area contributed by atoms with Crippen molar-refractivity contribution in [3.8, 4) is 0 Å². The summed E-state index contributed by atoms with van der Waals surface area (Å²) < 4.78 is 5.79. The average Bonchev–Trinajstić information content (AvgIpc) is 2.91. The minimum Gasteiger partial charge on any atom is -0.440 e. The molecule has 1 aromatic carbocycles. The number of hydrogen-bond acceptors (Lipinski definition) is 4. The first-order chi connectivity index (χ1) is 11.6. The SMILES string of the molecule is O=C1OC(c2ccc(=O)[nH]c2)(c2ccc(=O)[nH]c2)c2ccccc21. The minimum atomic E-state index is -1.22. The highest BCUT2D eigenvalue weighted by Crippen LogP contribution is 2.46. The van der Waals surface area contributed by atoms with Crippen LogP contribution in [0.5, 0.6) is 0 Å². The molecule has 2 N–H and O–H groups in total. The van der Waals surface area contributed by atoms with Crippen molar-refractivity contribution in [3.05, 3.63) is 104 Å². The van der Waals surface area contributed by atoms with Gasteiger partial charge in [0.15, 0.2) is 5.60 Å². The number of aromatic amines is 2. The predicted octanol–water partition coefficient (Wildman–Crippen LogP) is 1.53. The van der Waals surface area contributed by atoms with E-state index >= 15 is 0 Å². The van der Waals surface area contributed by atoms with E-state index in [0.29, 0.717) is 22.3 Å². The molecule has 6 heteroatoms. The van der Waals surface area contributed by atoms with Crippen LogP contribution in [0.3, 0.4) is 0 Å². The second-order valence-electron chi connectivity index (χ2n) is 5.50. The highest BCUT2D eigenvalue weighted by atomic mass is 16.6. The third-order valence-electron chi connectivity index (χ3n) is 4.15.